The van der Waals surface area contributed by atoms with Crippen molar-refractivity contribution < 1.29 is 26.4 Å². The number of rotatable bonds is 4. The van der Waals surface area contributed by atoms with Gasteiger partial charge in [0.15, 0.2) is 0 Å². The first-order chi connectivity index (χ1) is 13.6. The van der Waals surface area contributed by atoms with E-state index in [9.17, 15) is 26.4 Å². The Kier molecular flexibility index (Phi) is 4.85. The number of hydrogen-bond acceptors (Lipinski definition) is 5. The minimum absolute atomic E-state index is 0.0444. The van der Waals surface area contributed by atoms with Crippen molar-refractivity contribution in [3.05, 3.63) is 35.4 Å². The number of aromatic nitrogens is 3. The number of halogens is 3. The highest BCUT2D eigenvalue weighted by Gasteiger charge is 2.42. The van der Waals surface area contributed by atoms with Crippen molar-refractivity contribution in [1.82, 2.24) is 19.5 Å². The van der Waals surface area contributed by atoms with Crippen LogP contribution >= 0.6 is 0 Å². The van der Waals surface area contributed by atoms with Crippen molar-refractivity contribution in [2.24, 2.45) is 5.92 Å². The van der Waals surface area contributed by atoms with Gasteiger partial charge in [-0.15, -0.1) is 10.2 Å². The van der Waals surface area contributed by atoms with E-state index in [1.807, 2.05) is 0 Å². The fraction of sp³-hybridized carbons (Fsp3) is 0.471. The van der Waals surface area contributed by atoms with Crippen LogP contribution in [0.4, 0.5) is 18.9 Å². The molecular weight excluding hydrogens is 411 g/mol. The van der Waals surface area contributed by atoms with E-state index in [1.165, 1.54) is 22.8 Å². The van der Waals surface area contributed by atoms with Crippen molar-refractivity contribution in [2.45, 2.75) is 49.8 Å². The van der Waals surface area contributed by atoms with Crippen molar-refractivity contribution in [3.63, 3.8) is 0 Å². The molecule has 29 heavy (non-hydrogen) atoms. The lowest BCUT2D eigenvalue weighted by Gasteiger charge is -2.25. The molecule has 1 atom stereocenters. The van der Waals surface area contributed by atoms with Crippen LogP contribution in [0.5, 0.6) is 0 Å². The Balaban J connectivity index is 1.47. The molecule has 156 valence electrons. The predicted molar refractivity (Wildman–Crippen MR) is 95.3 cm³/mol. The number of anilines is 1. The number of fused-ring (bicyclic) bond motifs is 2. The number of sulfonamides is 1. The van der Waals surface area contributed by atoms with Gasteiger partial charge in [0, 0.05) is 25.1 Å². The van der Waals surface area contributed by atoms with Crippen LogP contribution in [0.2, 0.25) is 0 Å². The molecule has 2 aliphatic rings. The zero-order chi connectivity index (χ0) is 20.8. The maximum Gasteiger partial charge on any atom is 0.392 e. The van der Waals surface area contributed by atoms with Gasteiger partial charge in [-0.3, -0.25) is 4.79 Å². The smallest absolute Gasteiger partial charge is 0.326 e. The molecule has 2 aromatic rings. The van der Waals surface area contributed by atoms with Gasteiger partial charge < -0.3 is 9.88 Å². The number of carbonyl (C=O) groups excluding carboxylic acids is 1. The van der Waals surface area contributed by atoms with Gasteiger partial charge in [-0.1, -0.05) is 0 Å². The number of nitrogens with zero attached hydrogens (tertiary/aromatic N) is 3. The SMILES string of the molecule is O=C1CCc2cc(S(=O)(=O)NCc3nnc4n3CC[C@H](C(F)(F)F)C4)ccc2N1. The summed E-state index contributed by atoms with van der Waals surface area (Å²) in [5.41, 5.74) is 1.32. The van der Waals surface area contributed by atoms with Crippen LogP contribution in [0.3, 0.4) is 0 Å². The quantitative estimate of drug-likeness (QED) is 0.771. The molecule has 3 heterocycles. The second-order valence-electron chi connectivity index (χ2n) is 7.11. The molecule has 0 spiro atoms. The molecule has 0 saturated carbocycles. The van der Waals surface area contributed by atoms with Gasteiger partial charge in [0.25, 0.3) is 0 Å². The molecule has 0 bridgehead atoms. The van der Waals surface area contributed by atoms with Crippen LogP contribution in [0.15, 0.2) is 23.1 Å². The highest BCUT2D eigenvalue weighted by atomic mass is 32.2. The molecule has 8 nitrogen and oxygen atoms in total. The Morgan fingerprint density at radius 3 is 2.79 bits per heavy atom. The average molecular weight is 429 g/mol. The Labute approximate surface area is 164 Å². The fourth-order valence-electron chi connectivity index (χ4n) is 3.57. The van der Waals surface area contributed by atoms with Gasteiger partial charge in [-0.2, -0.15) is 13.2 Å². The summed E-state index contributed by atoms with van der Waals surface area (Å²) < 4.78 is 67.9. The summed E-state index contributed by atoms with van der Waals surface area (Å²) in [5.74, 6) is -1.10. The third kappa shape index (κ3) is 3.99. The largest absolute Gasteiger partial charge is 0.392 e. The number of carbonyl (C=O) groups is 1. The summed E-state index contributed by atoms with van der Waals surface area (Å²) >= 11 is 0. The molecule has 0 radical (unpaired) electrons. The maximum atomic E-state index is 12.9. The molecule has 12 heteroatoms. The minimum Gasteiger partial charge on any atom is -0.326 e. The number of amides is 1. The number of hydrogen-bond donors (Lipinski definition) is 2. The van der Waals surface area contributed by atoms with Gasteiger partial charge in [0.05, 0.1) is 17.4 Å². The number of alkyl halides is 3. The lowest BCUT2D eigenvalue weighted by atomic mass is 9.97. The van der Waals surface area contributed by atoms with Crippen molar-refractivity contribution >= 4 is 21.6 Å². The number of benzene rings is 1. The molecule has 1 aromatic carbocycles. The van der Waals surface area contributed by atoms with Gasteiger partial charge >= 0.3 is 6.18 Å². The van der Waals surface area contributed by atoms with E-state index in [0.29, 0.717) is 12.1 Å². The summed E-state index contributed by atoms with van der Waals surface area (Å²) in [5, 5.41) is 10.3. The first-order valence-corrected chi connectivity index (χ1v) is 10.5. The van der Waals surface area contributed by atoms with E-state index in [0.717, 1.165) is 5.56 Å². The number of nitrogens with one attached hydrogen (secondary N) is 2. The Morgan fingerprint density at radius 2 is 2.03 bits per heavy atom. The Hall–Kier alpha value is -2.47. The van der Waals surface area contributed by atoms with Gasteiger partial charge in [-0.05, 0) is 36.6 Å². The summed E-state index contributed by atoms with van der Waals surface area (Å²) in [6, 6.07) is 4.43. The third-order valence-electron chi connectivity index (χ3n) is 5.20. The van der Waals surface area contributed by atoms with Crippen LogP contribution < -0.4 is 10.0 Å². The predicted octanol–water partition coefficient (Wildman–Crippen LogP) is 1.77. The van der Waals surface area contributed by atoms with Gasteiger partial charge in [0.1, 0.15) is 11.6 Å². The van der Waals surface area contributed by atoms with Crippen LogP contribution in [-0.2, 0) is 40.7 Å². The highest BCUT2D eigenvalue weighted by molar-refractivity contribution is 7.89. The van der Waals surface area contributed by atoms with E-state index >= 15 is 0 Å². The second kappa shape index (κ2) is 7.10. The second-order valence-corrected chi connectivity index (χ2v) is 8.87. The first-order valence-electron chi connectivity index (χ1n) is 9.03. The summed E-state index contributed by atoms with van der Waals surface area (Å²) in [6.45, 7) is -0.0953. The van der Waals surface area contributed by atoms with Crippen LogP contribution in [-0.4, -0.2) is 35.3 Å². The fourth-order valence-corrected chi connectivity index (χ4v) is 4.60. The maximum absolute atomic E-state index is 12.9. The summed E-state index contributed by atoms with van der Waals surface area (Å²) in [7, 11) is -3.87. The van der Waals surface area contributed by atoms with Crippen LogP contribution in [0.1, 0.15) is 30.1 Å². The molecule has 1 aromatic heterocycles. The zero-order valence-corrected chi connectivity index (χ0v) is 16.0. The van der Waals surface area contributed by atoms with E-state index < -0.39 is 22.1 Å². The first kappa shape index (κ1) is 19.8. The zero-order valence-electron chi connectivity index (χ0n) is 15.2. The molecule has 1 amide bonds. The number of aryl methyl sites for hydroxylation is 1. The molecule has 2 aliphatic heterocycles. The standard InChI is InChI=1S/C17H18F3N5O3S/c18-17(19,20)11-5-6-25-14(8-11)23-24-15(25)9-21-29(27,28)12-2-3-13-10(7-12)1-4-16(26)22-13/h2-3,7,11,21H,1,4-6,8-9H2,(H,22,26)/t11-/m0/s1. The topological polar surface area (TPSA) is 106 Å². The van der Waals surface area contributed by atoms with Crippen molar-refractivity contribution in [1.29, 1.82) is 0 Å². The molecule has 2 N–H and O–H groups in total. The monoisotopic (exact) mass is 429 g/mol. The van der Waals surface area contributed by atoms with E-state index in [1.54, 1.807) is 0 Å². The van der Waals surface area contributed by atoms with Gasteiger partial charge in [-0.25, -0.2) is 13.1 Å². The summed E-state index contributed by atoms with van der Waals surface area (Å²) in [6.07, 6.45) is -3.91. The van der Waals surface area contributed by atoms with Crippen molar-refractivity contribution in [3.8, 4) is 0 Å². The lowest BCUT2D eigenvalue weighted by Crippen LogP contribution is -2.32. The van der Waals surface area contributed by atoms with Crippen molar-refractivity contribution in [2.75, 3.05) is 5.32 Å². The third-order valence-corrected chi connectivity index (χ3v) is 6.60. The van der Waals surface area contributed by atoms with E-state index in [4.69, 9.17) is 0 Å². The van der Waals surface area contributed by atoms with Crippen LogP contribution in [0, 0.1) is 5.92 Å². The molecule has 4 rings (SSSR count). The molecule has 0 unspecified atom stereocenters. The van der Waals surface area contributed by atoms with E-state index in [2.05, 4.69) is 20.2 Å². The minimum atomic E-state index is -4.29. The Bertz CT molecular complexity index is 1060. The lowest BCUT2D eigenvalue weighted by molar-refractivity contribution is -0.179. The van der Waals surface area contributed by atoms with Gasteiger partial charge in [0.2, 0.25) is 15.9 Å². The molecular formula is C17H18F3N5O3S. The summed E-state index contributed by atoms with van der Waals surface area (Å²) in [4.78, 5) is 11.5. The van der Waals surface area contributed by atoms with E-state index in [-0.39, 0.29) is 54.8 Å². The van der Waals surface area contributed by atoms with Crippen LogP contribution in [0.25, 0.3) is 0 Å². The highest BCUT2D eigenvalue weighted by Crippen LogP contribution is 2.34. The molecule has 0 saturated heterocycles. The molecule has 0 aliphatic carbocycles. The average Bonchev–Trinajstić information content (AvgIpc) is 3.07. The Morgan fingerprint density at radius 1 is 1.24 bits per heavy atom. The normalized spacial score (nSPS) is 19.4. The molecule has 0 fully saturated rings.